The lowest BCUT2D eigenvalue weighted by atomic mass is 9.96. The van der Waals surface area contributed by atoms with E-state index in [0.29, 0.717) is 24.8 Å². The molecule has 2 N–H and O–H groups in total. The monoisotopic (exact) mass is 294 g/mol. The van der Waals surface area contributed by atoms with Crippen LogP contribution in [0.1, 0.15) is 36.1 Å². The Balaban J connectivity index is 1.59. The van der Waals surface area contributed by atoms with Crippen LogP contribution in [0.2, 0.25) is 0 Å². The molecule has 2 bridgehead atoms. The molecule has 1 aromatic heterocycles. The van der Waals surface area contributed by atoms with Gasteiger partial charge in [-0.1, -0.05) is 0 Å². The van der Waals surface area contributed by atoms with Crippen LogP contribution in [0.4, 0.5) is 0 Å². The first kappa shape index (κ1) is 13.8. The van der Waals surface area contributed by atoms with Gasteiger partial charge in [-0.25, -0.2) is 9.98 Å². The molecule has 3 atom stereocenters. The largest absolute Gasteiger partial charge is 0.373 e. The van der Waals surface area contributed by atoms with Gasteiger partial charge in [-0.15, -0.1) is 11.3 Å². The van der Waals surface area contributed by atoms with E-state index in [1.807, 2.05) is 6.20 Å². The van der Waals surface area contributed by atoms with E-state index in [9.17, 15) is 0 Å². The summed E-state index contributed by atoms with van der Waals surface area (Å²) in [5.41, 5.74) is 0. The lowest BCUT2D eigenvalue weighted by Crippen LogP contribution is -2.47. The number of nitrogens with one attached hydrogen (secondary N) is 2. The molecule has 5 nitrogen and oxygen atoms in total. The molecule has 1 aromatic rings. The van der Waals surface area contributed by atoms with Gasteiger partial charge in [0.1, 0.15) is 5.01 Å². The van der Waals surface area contributed by atoms with Gasteiger partial charge < -0.3 is 15.4 Å². The fourth-order valence-electron chi connectivity index (χ4n) is 2.91. The van der Waals surface area contributed by atoms with Crippen LogP contribution in [0.25, 0.3) is 0 Å². The van der Waals surface area contributed by atoms with Gasteiger partial charge in [0.25, 0.3) is 0 Å². The normalized spacial score (nSPS) is 28.9. The molecule has 3 rings (SSSR count). The fraction of sp³-hybridized carbons (Fsp3) is 0.714. The molecule has 3 unspecified atom stereocenters. The van der Waals surface area contributed by atoms with E-state index in [1.54, 1.807) is 11.3 Å². The number of fused-ring (bicyclic) bond motifs is 2. The summed E-state index contributed by atoms with van der Waals surface area (Å²) in [5.74, 6) is 0.876. The van der Waals surface area contributed by atoms with E-state index < -0.39 is 0 Å². The summed E-state index contributed by atoms with van der Waals surface area (Å²) in [5, 5.41) is 7.88. The van der Waals surface area contributed by atoms with Gasteiger partial charge in [0, 0.05) is 17.6 Å². The van der Waals surface area contributed by atoms with E-state index in [4.69, 9.17) is 4.74 Å². The minimum absolute atomic E-state index is 0.367. The van der Waals surface area contributed by atoms with Crippen LogP contribution in [-0.2, 0) is 11.3 Å². The highest BCUT2D eigenvalue weighted by Crippen LogP contribution is 2.34. The Hall–Kier alpha value is -1.14. The summed E-state index contributed by atoms with van der Waals surface area (Å²) in [6, 6.07) is 0.407. The second kappa shape index (κ2) is 6.10. The molecule has 0 saturated carbocycles. The first-order chi connectivity index (χ1) is 9.74. The maximum absolute atomic E-state index is 5.87. The fourth-order valence-corrected chi connectivity index (χ4v) is 3.62. The van der Waals surface area contributed by atoms with Gasteiger partial charge in [-0.05, 0) is 33.1 Å². The predicted molar refractivity (Wildman–Crippen MR) is 81.1 cm³/mol. The second-order valence-electron chi connectivity index (χ2n) is 5.42. The lowest BCUT2D eigenvalue weighted by molar-refractivity contribution is 0.0992. The van der Waals surface area contributed by atoms with Crippen LogP contribution in [0.3, 0.4) is 0 Å². The number of nitrogens with zero attached hydrogens (tertiary/aromatic N) is 2. The highest BCUT2D eigenvalue weighted by atomic mass is 32.1. The summed E-state index contributed by atoms with van der Waals surface area (Å²) in [6.07, 6.45) is 6.22. The minimum Gasteiger partial charge on any atom is -0.373 e. The first-order valence-electron chi connectivity index (χ1n) is 7.36. The van der Waals surface area contributed by atoms with Gasteiger partial charge in [-0.3, -0.25) is 0 Å². The van der Waals surface area contributed by atoms with Gasteiger partial charge >= 0.3 is 0 Å². The van der Waals surface area contributed by atoms with Gasteiger partial charge in [-0.2, -0.15) is 0 Å². The van der Waals surface area contributed by atoms with Crippen molar-refractivity contribution in [3.05, 3.63) is 16.1 Å². The second-order valence-corrected chi connectivity index (χ2v) is 6.74. The number of thiazole rings is 1. The lowest BCUT2D eigenvalue weighted by Gasteiger charge is -2.22. The number of aryl methyl sites for hydroxylation is 1. The highest BCUT2D eigenvalue weighted by Gasteiger charge is 2.41. The summed E-state index contributed by atoms with van der Waals surface area (Å²) < 4.78 is 5.87. The van der Waals surface area contributed by atoms with Crippen molar-refractivity contribution >= 4 is 17.3 Å². The van der Waals surface area contributed by atoms with Crippen LogP contribution in [-0.4, -0.2) is 35.7 Å². The summed E-state index contributed by atoms with van der Waals surface area (Å²) in [7, 11) is 0. The third-order valence-corrected chi connectivity index (χ3v) is 4.71. The van der Waals surface area contributed by atoms with Crippen LogP contribution in [0.5, 0.6) is 0 Å². The van der Waals surface area contributed by atoms with E-state index in [-0.39, 0.29) is 0 Å². The number of aliphatic imine (C=N–C) groups is 1. The van der Waals surface area contributed by atoms with Gasteiger partial charge in [0.2, 0.25) is 0 Å². The first-order valence-corrected chi connectivity index (χ1v) is 8.18. The Morgan fingerprint density at radius 1 is 1.55 bits per heavy atom. The minimum atomic E-state index is 0.367. The molecule has 0 spiro atoms. The third-order valence-electron chi connectivity index (χ3n) is 3.81. The van der Waals surface area contributed by atoms with E-state index in [1.165, 1.54) is 17.7 Å². The number of ether oxygens (including phenoxy) is 1. The molecule has 2 saturated heterocycles. The highest BCUT2D eigenvalue weighted by molar-refractivity contribution is 7.11. The molecule has 3 heterocycles. The summed E-state index contributed by atoms with van der Waals surface area (Å²) in [6.45, 7) is 5.66. The maximum atomic E-state index is 5.87. The molecule has 2 aliphatic rings. The number of hydrogen-bond donors (Lipinski definition) is 2. The standard InChI is InChI=1S/C14H22N4OS/c1-3-15-14(17-8-13-16-7-9(2)20-13)18-11-6-10-4-5-12(11)19-10/h7,10-12H,3-6,8H2,1-2H3,(H2,15,17,18). The van der Waals surface area contributed by atoms with Crippen molar-refractivity contribution in [3.8, 4) is 0 Å². The molecule has 0 aromatic carbocycles. The third kappa shape index (κ3) is 3.12. The Bertz CT molecular complexity index is 487. The topological polar surface area (TPSA) is 58.5 Å². The van der Waals surface area contributed by atoms with Crippen LogP contribution < -0.4 is 10.6 Å². The Kier molecular flexibility index (Phi) is 4.21. The predicted octanol–water partition coefficient (Wildman–Crippen LogP) is 1.83. The van der Waals surface area contributed by atoms with Crippen molar-refractivity contribution in [2.45, 2.75) is 57.9 Å². The summed E-state index contributed by atoms with van der Waals surface area (Å²) in [4.78, 5) is 10.2. The van der Waals surface area contributed by atoms with Crippen molar-refractivity contribution in [1.82, 2.24) is 15.6 Å². The maximum Gasteiger partial charge on any atom is 0.191 e. The van der Waals surface area contributed by atoms with Gasteiger partial charge in [0.05, 0.1) is 24.8 Å². The summed E-state index contributed by atoms with van der Waals surface area (Å²) >= 11 is 1.70. The van der Waals surface area contributed by atoms with Crippen molar-refractivity contribution in [1.29, 1.82) is 0 Å². The smallest absolute Gasteiger partial charge is 0.191 e. The molecule has 2 aliphatic heterocycles. The Morgan fingerprint density at radius 2 is 2.45 bits per heavy atom. The zero-order valence-electron chi connectivity index (χ0n) is 12.1. The molecular weight excluding hydrogens is 272 g/mol. The Labute approximate surface area is 123 Å². The van der Waals surface area contributed by atoms with Crippen LogP contribution in [0, 0.1) is 6.92 Å². The number of guanidine groups is 1. The van der Waals surface area contributed by atoms with Crippen molar-refractivity contribution in [2.24, 2.45) is 4.99 Å². The van der Waals surface area contributed by atoms with E-state index in [2.05, 4.69) is 34.5 Å². The van der Waals surface area contributed by atoms with E-state index >= 15 is 0 Å². The average molecular weight is 294 g/mol. The van der Waals surface area contributed by atoms with Crippen LogP contribution >= 0.6 is 11.3 Å². The molecule has 20 heavy (non-hydrogen) atoms. The molecule has 0 aliphatic carbocycles. The van der Waals surface area contributed by atoms with Crippen molar-refractivity contribution in [3.63, 3.8) is 0 Å². The average Bonchev–Trinajstić information content (AvgIpc) is 3.13. The molecule has 0 amide bonds. The number of hydrogen-bond acceptors (Lipinski definition) is 4. The van der Waals surface area contributed by atoms with Crippen molar-refractivity contribution < 1.29 is 4.74 Å². The molecular formula is C14H22N4OS. The quantitative estimate of drug-likeness (QED) is 0.657. The Morgan fingerprint density at radius 3 is 3.05 bits per heavy atom. The molecule has 0 radical (unpaired) electrons. The molecule has 6 heteroatoms. The van der Waals surface area contributed by atoms with Crippen molar-refractivity contribution in [2.75, 3.05) is 6.54 Å². The molecule has 110 valence electrons. The van der Waals surface area contributed by atoms with Gasteiger partial charge in [0.15, 0.2) is 5.96 Å². The molecule has 2 fully saturated rings. The SMILES string of the molecule is CCNC(=NCc1ncc(C)s1)NC1CC2CCC1O2. The van der Waals surface area contributed by atoms with E-state index in [0.717, 1.165) is 23.9 Å². The number of rotatable bonds is 4. The van der Waals surface area contributed by atoms with Crippen LogP contribution in [0.15, 0.2) is 11.2 Å². The zero-order valence-corrected chi connectivity index (χ0v) is 12.9. The number of aromatic nitrogens is 1. The zero-order chi connectivity index (χ0) is 13.9.